The summed E-state index contributed by atoms with van der Waals surface area (Å²) in [5, 5.41) is 12.6. The van der Waals surface area contributed by atoms with Crippen molar-refractivity contribution < 1.29 is 13.5 Å². The van der Waals surface area contributed by atoms with E-state index >= 15 is 0 Å². The lowest BCUT2D eigenvalue weighted by Gasteiger charge is -2.29. The molecule has 4 rings (SSSR count). The van der Waals surface area contributed by atoms with Crippen LogP contribution in [0.5, 0.6) is 0 Å². The van der Waals surface area contributed by atoms with Gasteiger partial charge in [-0.1, -0.05) is 54.1 Å². The fourth-order valence-electron chi connectivity index (χ4n) is 4.10. The Morgan fingerprint density at radius 3 is 2.37 bits per heavy atom. The zero-order valence-corrected chi connectivity index (χ0v) is 18.1. The van der Waals surface area contributed by atoms with Crippen LogP contribution < -0.4 is 4.31 Å². The van der Waals surface area contributed by atoms with E-state index in [-0.39, 0.29) is 11.4 Å². The molecule has 1 fully saturated rings. The molecule has 1 unspecified atom stereocenters. The van der Waals surface area contributed by atoms with Gasteiger partial charge < -0.3 is 10.0 Å². The fourth-order valence-corrected chi connectivity index (χ4v) is 5.62. The highest BCUT2D eigenvalue weighted by atomic mass is 32.2. The summed E-state index contributed by atoms with van der Waals surface area (Å²) in [5.41, 5.74) is 1.59. The lowest BCUT2D eigenvalue weighted by molar-refractivity contribution is 0.132. The van der Waals surface area contributed by atoms with Crippen LogP contribution >= 0.6 is 0 Å². The largest absolute Gasteiger partial charge is 0.390 e. The van der Waals surface area contributed by atoms with Crippen molar-refractivity contribution in [1.82, 2.24) is 4.90 Å². The number of sulfonamides is 1. The van der Waals surface area contributed by atoms with Gasteiger partial charge in [0.2, 0.25) is 0 Å². The van der Waals surface area contributed by atoms with Gasteiger partial charge in [0, 0.05) is 11.9 Å². The predicted molar refractivity (Wildman–Crippen MR) is 121 cm³/mol. The van der Waals surface area contributed by atoms with Crippen LogP contribution in [0.2, 0.25) is 0 Å². The number of hydrogen-bond donors (Lipinski definition) is 1. The Bertz CT molecular complexity index is 1100. The molecule has 0 saturated carbocycles. The summed E-state index contributed by atoms with van der Waals surface area (Å²) in [5.74, 6) is 0. The third-order valence-electron chi connectivity index (χ3n) is 5.69. The van der Waals surface area contributed by atoms with E-state index in [4.69, 9.17) is 0 Å². The molecule has 30 heavy (non-hydrogen) atoms. The van der Waals surface area contributed by atoms with Gasteiger partial charge in [-0.25, -0.2) is 8.42 Å². The third-order valence-corrected chi connectivity index (χ3v) is 7.48. The number of likely N-dealkylation sites (tertiary alicyclic amines) is 1. The first-order chi connectivity index (χ1) is 14.4. The van der Waals surface area contributed by atoms with Gasteiger partial charge in [-0.15, -0.1) is 0 Å². The number of benzene rings is 3. The smallest absolute Gasteiger partial charge is 0.264 e. The Balaban J connectivity index is 1.75. The van der Waals surface area contributed by atoms with E-state index < -0.39 is 16.1 Å². The van der Waals surface area contributed by atoms with E-state index in [2.05, 4.69) is 4.90 Å². The van der Waals surface area contributed by atoms with Crippen molar-refractivity contribution in [3.05, 3.63) is 72.3 Å². The number of hydrogen-bond acceptors (Lipinski definition) is 4. The van der Waals surface area contributed by atoms with E-state index in [0.29, 0.717) is 12.2 Å². The standard InChI is InChI=1S/C24H28N2O3S/c1-19-11-13-22(14-12-19)30(28,29)26(18-21(27)17-25-15-4-5-16-25)24-10-6-8-20-7-2-3-9-23(20)24/h2-3,6-14,21,27H,4-5,15-18H2,1H3. The molecule has 6 heteroatoms. The quantitative estimate of drug-likeness (QED) is 0.627. The fraction of sp³-hybridized carbons (Fsp3) is 0.333. The monoisotopic (exact) mass is 424 g/mol. The SMILES string of the molecule is Cc1ccc(S(=O)(=O)N(CC(O)CN2CCCC2)c2cccc3ccccc23)cc1. The molecule has 1 N–H and O–H groups in total. The van der Waals surface area contributed by atoms with Crippen molar-refractivity contribution in [1.29, 1.82) is 0 Å². The van der Waals surface area contributed by atoms with Gasteiger partial charge >= 0.3 is 0 Å². The van der Waals surface area contributed by atoms with Crippen LogP contribution in [0, 0.1) is 6.92 Å². The molecule has 0 radical (unpaired) electrons. The van der Waals surface area contributed by atoms with Gasteiger partial charge in [-0.2, -0.15) is 0 Å². The highest BCUT2D eigenvalue weighted by Gasteiger charge is 2.29. The Kier molecular flexibility index (Phi) is 6.09. The summed E-state index contributed by atoms with van der Waals surface area (Å²) in [6, 6.07) is 20.3. The Morgan fingerprint density at radius 1 is 0.967 bits per heavy atom. The van der Waals surface area contributed by atoms with Crippen molar-refractivity contribution in [2.24, 2.45) is 0 Å². The maximum absolute atomic E-state index is 13.7. The molecule has 1 aliphatic heterocycles. The molecule has 0 aromatic heterocycles. The molecule has 1 saturated heterocycles. The second-order valence-corrected chi connectivity index (χ2v) is 9.87. The Labute approximate surface area is 178 Å². The van der Waals surface area contributed by atoms with Gasteiger partial charge in [0.15, 0.2) is 0 Å². The maximum Gasteiger partial charge on any atom is 0.264 e. The molecule has 3 aromatic rings. The summed E-state index contributed by atoms with van der Waals surface area (Å²) in [6.45, 7) is 4.33. The number of aliphatic hydroxyl groups is 1. The van der Waals surface area contributed by atoms with E-state index in [1.807, 2.05) is 49.4 Å². The molecule has 1 heterocycles. The molecule has 158 valence electrons. The lowest BCUT2D eigenvalue weighted by atomic mass is 10.1. The van der Waals surface area contributed by atoms with Crippen LogP contribution in [0.25, 0.3) is 10.8 Å². The van der Waals surface area contributed by atoms with Gasteiger partial charge in [0.05, 0.1) is 23.2 Å². The molecule has 0 aliphatic carbocycles. The molecule has 0 amide bonds. The topological polar surface area (TPSA) is 60.9 Å². The molecule has 0 spiro atoms. The first-order valence-electron chi connectivity index (χ1n) is 10.4. The molecule has 1 atom stereocenters. The number of aryl methyl sites for hydroxylation is 1. The summed E-state index contributed by atoms with van der Waals surface area (Å²) in [7, 11) is -3.84. The maximum atomic E-state index is 13.7. The summed E-state index contributed by atoms with van der Waals surface area (Å²) in [6.07, 6.45) is 1.48. The summed E-state index contributed by atoms with van der Waals surface area (Å²) < 4.78 is 28.7. The molecular formula is C24H28N2O3S. The molecular weight excluding hydrogens is 396 g/mol. The summed E-state index contributed by atoms with van der Waals surface area (Å²) >= 11 is 0. The van der Waals surface area contributed by atoms with Crippen LogP contribution in [0.4, 0.5) is 5.69 Å². The zero-order valence-electron chi connectivity index (χ0n) is 17.2. The highest BCUT2D eigenvalue weighted by Crippen LogP contribution is 2.31. The van der Waals surface area contributed by atoms with Gasteiger partial charge in [-0.05, 0) is 56.4 Å². The Morgan fingerprint density at radius 2 is 1.63 bits per heavy atom. The predicted octanol–water partition coefficient (Wildman–Crippen LogP) is 3.80. The third kappa shape index (κ3) is 4.36. The van der Waals surface area contributed by atoms with E-state index in [1.54, 1.807) is 24.3 Å². The van der Waals surface area contributed by atoms with Gasteiger partial charge in [0.1, 0.15) is 0 Å². The van der Waals surface area contributed by atoms with Crippen LogP contribution in [-0.4, -0.2) is 50.7 Å². The van der Waals surface area contributed by atoms with Crippen LogP contribution in [0.15, 0.2) is 71.6 Å². The number of β-amino-alcohol motifs (C(OH)–C–C–N with tert-alkyl or cyclic N) is 1. The van der Waals surface area contributed by atoms with E-state index in [9.17, 15) is 13.5 Å². The summed E-state index contributed by atoms with van der Waals surface area (Å²) in [4.78, 5) is 2.43. The first-order valence-corrected chi connectivity index (χ1v) is 11.9. The second kappa shape index (κ2) is 8.76. The average Bonchev–Trinajstić information content (AvgIpc) is 3.25. The first kappa shape index (κ1) is 20.8. The Hall–Kier alpha value is -2.41. The molecule has 5 nitrogen and oxygen atoms in total. The normalized spacial score (nSPS) is 16.1. The number of fused-ring (bicyclic) bond motifs is 1. The van der Waals surface area contributed by atoms with Crippen molar-refractivity contribution in [3.8, 4) is 0 Å². The van der Waals surface area contributed by atoms with Crippen molar-refractivity contribution in [2.45, 2.75) is 30.8 Å². The van der Waals surface area contributed by atoms with Crippen molar-refractivity contribution in [2.75, 3.05) is 30.5 Å². The number of anilines is 1. The van der Waals surface area contributed by atoms with Crippen LogP contribution in [-0.2, 0) is 10.0 Å². The lowest BCUT2D eigenvalue weighted by Crippen LogP contribution is -2.42. The molecule has 3 aromatic carbocycles. The minimum absolute atomic E-state index is 0.0146. The number of nitrogens with zero attached hydrogens (tertiary/aromatic N) is 2. The van der Waals surface area contributed by atoms with Crippen LogP contribution in [0.3, 0.4) is 0 Å². The highest BCUT2D eigenvalue weighted by molar-refractivity contribution is 7.92. The van der Waals surface area contributed by atoms with Gasteiger partial charge in [0.25, 0.3) is 10.0 Å². The van der Waals surface area contributed by atoms with E-state index in [0.717, 1.165) is 42.3 Å². The average molecular weight is 425 g/mol. The number of rotatable bonds is 7. The number of aliphatic hydroxyl groups excluding tert-OH is 1. The van der Waals surface area contributed by atoms with Crippen molar-refractivity contribution >= 4 is 26.5 Å². The van der Waals surface area contributed by atoms with E-state index in [1.165, 1.54) is 4.31 Å². The molecule has 0 bridgehead atoms. The van der Waals surface area contributed by atoms with Crippen molar-refractivity contribution in [3.63, 3.8) is 0 Å². The second-order valence-electron chi connectivity index (χ2n) is 8.01. The minimum atomic E-state index is -3.84. The zero-order chi connectivity index (χ0) is 21.1. The van der Waals surface area contributed by atoms with Gasteiger partial charge in [-0.3, -0.25) is 4.31 Å². The van der Waals surface area contributed by atoms with Crippen LogP contribution in [0.1, 0.15) is 18.4 Å². The minimum Gasteiger partial charge on any atom is -0.390 e. The molecule has 1 aliphatic rings.